The van der Waals surface area contributed by atoms with Crippen LogP contribution >= 0.6 is 0 Å². The third-order valence-electron chi connectivity index (χ3n) is 7.72. The maximum Gasteiger partial charge on any atom is 0.419 e. The fourth-order valence-electron chi connectivity index (χ4n) is 5.58. The van der Waals surface area contributed by atoms with Gasteiger partial charge in [-0.2, -0.15) is 13.2 Å². The molecule has 0 unspecified atom stereocenters. The zero-order valence-electron chi connectivity index (χ0n) is 22.8. The molecule has 1 aliphatic heterocycles. The molecule has 2 aromatic rings. The van der Waals surface area contributed by atoms with E-state index in [1.807, 2.05) is 12.1 Å². The van der Waals surface area contributed by atoms with Crippen LogP contribution in [0.15, 0.2) is 18.3 Å². The molecule has 0 spiro atoms. The fraction of sp³-hybridized carbons (Fsp3) is 0.630. The molecule has 1 saturated carbocycles. The molecule has 1 saturated heterocycles. The van der Waals surface area contributed by atoms with E-state index in [4.69, 9.17) is 4.74 Å². The molecule has 1 aromatic heterocycles. The average molecular weight is 587 g/mol. The minimum Gasteiger partial charge on any atom is -0.494 e. The Labute approximate surface area is 235 Å². The molecule has 40 heavy (non-hydrogen) atoms. The first-order valence-electron chi connectivity index (χ1n) is 13.2. The summed E-state index contributed by atoms with van der Waals surface area (Å²) in [5.74, 6) is 0.281. The number of sulfonamides is 1. The van der Waals surface area contributed by atoms with Crippen LogP contribution in [0.2, 0.25) is 0 Å². The Bertz CT molecular complexity index is 1270. The predicted octanol–water partition coefficient (Wildman–Crippen LogP) is 4.46. The molecule has 1 aliphatic carbocycles. The van der Waals surface area contributed by atoms with E-state index in [0.717, 1.165) is 62.7 Å². The summed E-state index contributed by atoms with van der Waals surface area (Å²) in [6.45, 7) is 5.55. The second-order valence-electron chi connectivity index (χ2n) is 10.2. The van der Waals surface area contributed by atoms with Crippen LogP contribution in [0.5, 0.6) is 5.75 Å². The normalized spacial score (nSPS) is 19.9. The van der Waals surface area contributed by atoms with Crippen molar-refractivity contribution in [1.82, 2.24) is 19.6 Å². The number of benzene rings is 1. The van der Waals surface area contributed by atoms with Crippen molar-refractivity contribution in [1.29, 1.82) is 0 Å². The lowest BCUT2D eigenvalue weighted by atomic mass is 9.95. The third-order valence-corrected chi connectivity index (χ3v) is 9.04. The van der Waals surface area contributed by atoms with Gasteiger partial charge in [0.2, 0.25) is 16.0 Å². The molecule has 13 heteroatoms. The standard InChI is InChI=1S/C26H37F3N6O3S.CH4/c1-5-17-13-21(24(38-3)15-23(17)35-11-9-30-10-12-35)33-25-31-16-19(26(27,28)29)20(32-25)14-18-7-6-8-22(18)34(2)39(4,36)37;/h13,15-16,18,22,30H,5-12,14H2,1-4H3,(H,31,32,33);1H4/t18-,22+;/m0./s1. The van der Waals surface area contributed by atoms with Gasteiger partial charge < -0.3 is 20.3 Å². The van der Waals surface area contributed by atoms with Crippen LogP contribution in [0.4, 0.5) is 30.5 Å². The topological polar surface area (TPSA) is 99.7 Å². The molecule has 9 nitrogen and oxygen atoms in total. The number of alkyl halides is 3. The number of hydrogen-bond donors (Lipinski definition) is 2. The Kier molecular flexibility index (Phi) is 10.3. The lowest BCUT2D eigenvalue weighted by molar-refractivity contribution is -0.138. The van der Waals surface area contributed by atoms with Crippen molar-refractivity contribution in [3.8, 4) is 5.75 Å². The van der Waals surface area contributed by atoms with Crippen LogP contribution < -0.4 is 20.3 Å². The van der Waals surface area contributed by atoms with Crippen LogP contribution in [0.3, 0.4) is 0 Å². The number of nitrogens with zero attached hydrogens (tertiary/aromatic N) is 4. The quantitative estimate of drug-likeness (QED) is 0.445. The summed E-state index contributed by atoms with van der Waals surface area (Å²) >= 11 is 0. The number of halogens is 3. The SMILES string of the molecule is C.CCc1cc(Nc2ncc(C(F)(F)F)c(C[C@@H]3CCC[C@H]3N(C)S(C)(=O)=O)n2)c(OC)cc1N1CCNCC1. The van der Waals surface area contributed by atoms with E-state index >= 15 is 0 Å². The number of aromatic nitrogens is 2. The van der Waals surface area contributed by atoms with Gasteiger partial charge in [0.25, 0.3) is 0 Å². The average Bonchev–Trinajstić information content (AvgIpc) is 3.35. The van der Waals surface area contributed by atoms with Gasteiger partial charge in [-0.25, -0.2) is 22.7 Å². The molecule has 2 aliphatic rings. The minimum atomic E-state index is -4.64. The van der Waals surface area contributed by atoms with Crippen LogP contribution in [0.25, 0.3) is 0 Å². The molecule has 224 valence electrons. The Morgan fingerprint density at radius 2 is 1.93 bits per heavy atom. The monoisotopic (exact) mass is 586 g/mol. The van der Waals surface area contributed by atoms with Gasteiger partial charge in [-0.15, -0.1) is 0 Å². The molecule has 2 N–H and O–H groups in total. The van der Waals surface area contributed by atoms with Crippen molar-refractivity contribution >= 4 is 27.3 Å². The zero-order chi connectivity index (χ0) is 28.4. The Hall–Kier alpha value is -2.64. The number of methoxy groups -OCH3 is 1. The van der Waals surface area contributed by atoms with Crippen LogP contribution in [0, 0.1) is 5.92 Å². The molecule has 0 bridgehead atoms. The van der Waals surface area contributed by atoms with Gasteiger partial charge in [-0.3, -0.25) is 0 Å². The Morgan fingerprint density at radius 1 is 1.23 bits per heavy atom. The summed E-state index contributed by atoms with van der Waals surface area (Å²) in [5, 5.41) is 6.42. The number of nitrogens with one attached hydrogen (secondary N) is 2. The van der Waals surface area contributed by atoms with Crippen molar-refractivity contribution in [3.05, 3.63) is 35.2 Å². The van der Waals surface area contributed by atoms with E-state index in [9.17, 15) is 21.6 Å². The van der Waals surface area contributed by atoms with Crippen LogP contribution in [-0.4, -0.2) is 75.3 Å². The van der Waals surface area contributed by atoms with E-state index in [-0.39, 0.29) is 37.4 Å². The first-order valence-corrected chi connectivity index (χ1v) is 15.1. The van der Waals surface area contributed by atoms with E-state index in [2.05, 4.69) is 32.4 Å². The summed E-state index contributed by atoms with van der Waals surface area (Å²) < 4.78 is 73.0. The lowest BCUT2D eigenvalue weighted by Crippen LogP contribution is -2.43. The minimum absolute atomic E-state index is 0. The van der Waals surface area contributed by atoms with E-state index in [1.54, 1.807) is 7.11 Å². The first kappa shape index (κ1) is 31.9. The van der Waals surface area contributed by atoms with Gasteiger partial charge in [0, 0.05) is 57.2 Å². The number of ether oxygens (including phenoxy) is 1. The highest BCUT2D eigenvalue weighted by Crippen LogP contribution is 2.39. The summed E-state index contributed by atoms with van der Waals surface area (Å²) in [6, 6.07) is 3.50. The molecule has 2 heterocycles. The molecule has 1 aromatic carbocycles. The summed E-state index contributed by atoms with van der Waals surface area (Å²) in [7, 11) is -0.449. The van der Waals surface area contributed by atoms with Gasteiger partial charge >= 0.3 is 6.18 Å². The number of rotatable bonds is 9. The highest BCUT2D eigenvalue weighted by atomic mass is 32.2. The number of aryl methyl sites for hydroxylation is 1. The highest BCUT2D eigenvalue weighted by molar-refractivity contribution is 7.88. The number of piperazine rings is 1. The smallest absolute Gasteiger partial charge is 0.419 e. The van der Waals surface area contributed by atoms with Crippen molar-refractivity contribution in [2.45, 2.75) is 58.7 Å². The maximum atomic E-state index is 13.9. The van der Waals surface area contributed by atoms with E-state index in [0.29, 0.717) is 24.3 Å². The van der Waals surface area contributed by atoms with Crippen molar-refractivity contribution in [2.75, 3.05) is 56.8 Å². The zero-order valence-corrected chi connectivity index (χ0v) is 23.6. The highest BCUT2D eigenvalue weighted by Gasteiger charge is 2.39. The maximum absolute atomic E-state index is 13.9. The largest absolute Gasteiger partial charge is 0.494 e. The summed E-state index contributed by atoms with van der Waals surface area (Å²) in [4.78, 5) is 10.6. The van der Waals surface area contributed by atoms with E-state index in [1.165, 1.54) is 11.4 Å². The predicted molar refractivity (Wildman–Crippen MR) is 152 cm³/mol. The molecule has 2 atom stereocenters. The van der Waals surface area contributed by atoms with Gasteiger partial charge in [0.05, 0.1) is 30.3 Å². The van der Waals surface area contributed by atoms with Gasteiger partial charge in [0.15, 0.2) is 0 Å². The van der Waals surface area contributed by atoms with Crippen LogP contribution in [0.1, 0.15) is 50.4 Å². The number of anilines is 3. The lowest BCUT2D eigenvalue weighted by Gasteiger charge is -2.32. The summed E-state index contributed by atoms with van der Waals surface area (Å²) in [5.41, 5.74) is 1.65. The molecule has 0 amide bonds. The third kappa shape index (κ3) is 7.16. The van der Waals surface area contributed by atoms with Gasteiger partial charge in [-0.05, 0) is 43.2 Å². The van der Waals surface area contributed by atoms with Gasteiger partial charge in [-0.1, -0.05) is 20.8 Å². The molecular weight excluding hydrogens is 545 g/mol. The van der Waals surface area contributed by atoms with Crippen molar-refractivity contribution in [3.63, 3.8) is 0 Å². The second kappa shape index (κ2) is 12.9. The molecular formula is C27H41F3N6O3S. The van der Waals surface area contributed by atoms with Crippen LogP contribution in [-0.2, 0) is 29.0 Å². The van der Waals surface area contributed by atoms with E-state index < -0.39 is 21.8 Å². The first-order chi connectivity index (χ1) is 18.4. The number of hydrogen-bond acceptors (Lipinski definition) is 8. The summed E-state index contributed by atoms with van der Waals surface area (Å²) in [6.07, 6.45) is -0.00745. The Balaban J connectivity index is 0.00000441. The second-order valence-corrected chi connectivity index (χ2v) is 12.2. The van der Waals surface area contributed by atoms with Gasteiger partial charge in [0.1, 0.15) is 5.75 Å². The fourth-order valence-corrected chi connectivity index (χ4v) is 6.35. The van der Waals surface area contributed by atoms with Crippen molar-refractivity contribution < 1.29 is 26.3 Å². The molecule has 4 rings (SSSR count). The van der Waals surface area contributed by atoms with Crippen molar-refractivity contribution in [2.24, 2.45) is 5.92 Å². The molecule has 0 radical (unpaired) electrons. The molecule has 2 fully saturated rings. The Morgan fingerprint density at radius 3 is 2.52 bits per heavy atom.